The van der Waals surface area contributed by atoms with Crippen LogP contribution in [-0.2, 0) is 14.8 Å². The molecule has 7 nitrogen and oxygen atoms in total. The first kappa shape index (κ1) is 16.9. The van der Waals surface area contributed by atoms with Crippen LogP contribution < -0.4 is 4.72 Å². The molecule has 130 valence electrons. The summed E-state index contributed by atoms with van der Waals surface area (Å²) >= 11 is 0. The van der Waals surface area contributed by atoms with E-state index in [1.165, 1.54) is 36.2 Å². The number of amides is 1. The molecule has 0 radical (unpaired) electrons. The molecule has 1 heterocycles. The molecule has 0 spiro atoms. The quantitative estimate of drug-likeness (QED) is 0.839. The van der Waals surface area contributed by atoms with Gasteiger partial charge in [0.15, 0.2) is 0 Å². The molecule has 3 unspecified atom stereocenters. The van der Waals surface area contributed by atoms with Crippen molar-refractivity contribution in [2.75, 3.05) is 13.6 Å². The Kier molecular flexibility index (Phi) is 4.35. The summed E-state index contributed by atoms with van der Waals surface area (Å²) in [6.07, 6.45) is 2.81. The second-order valence-corrected chi connectivity index (χ2v) is 8.21. The van der Waals surface area contributed by atoms with Crippen LogP contribution in [0.15, 0.2) is 29.2 Å². The topological polar surface area (TPSA) is 104 Å². The summed E-state index contributed by atoms with van der Waals surface area (Å²) in [6.45, 7) is 0.455. The van der Waals surface area contributed by atoms with E-state index >= 15 is 0 Å². The third-order valence-electron chi connectivity index (χ3n) is 5.08. The summed E-state index contributed by atoms with van der Waals surface area (Å²) in [5, 5.41) is 9.53. The number of carbonyl (C=O) groups is 2. The number of fused-ring (bicyclic) bond motifs is 1. The highest BCUT2D eigenvalue weighted by atomic mass is 32.2. The number of nitrogens with one attached hydrogen (secondary N) is 1. The van der Waals surface area contributed by atoms with Crippen LogP contribution in [0.1, 0.15) is 29.6 Å². The Labute approximate surface area is 140 Å². The van der Waals surface area contributed by atoms with E-state index in [9.17, 15) is 23.1 Å². The average Bonchev–Trinajstić information content (AvgIpc) is 3.14. The maximum Gasteiger partial charge on any atom is 0.326 e. The van der Waals surface area contributed by atoms with Gasteiger partial charge in [0, 0.05) is 12.1 Å². The third-order valence-corrected chi connectivity index (χ3v) is 6.51. The molecule has 0 aromatic heterocycles. The average molecular weight is 352 g/mol. The molecule has 1 aliphatic carbocycles. The number of carboxylic acids is 1. The number of hydrogen-bond acceptors (Lipinski definition) is 4. The van der Waals surface area contributed by atoms with Gasteiger partial charge in [-0.1, -0.05) is 6.42 Å². The number of rotatable bonds is 4. The van der Waals surface area contributed by atoms with Crippen LogP contribution in [0.4, 0.5) is 0 Å². The second-order valence-electron chi connectivity index (χ2n) is 6.33. The molecule has 1 amide bonds. The summed E-state index contributed by atoms with van der Waals surface area (Å²) in [4.78, 5) is 25.8. The van der Waals surface area contributed by atoms with Crippen LogP contribution in [0.5, 0.6) is 0 Å². The summed E-state index contributed by atoms with van der Waals surface area (Å²) in [5.41, 5.74) is 0.302. The lowest BCUT2D eigenvalue weighted by molar-refractivity contribution is -0.142. The Balaban J connectivity index is 1.85. The number of carbonyl (C=O) groups excluding carboxylic acids is 1. The van der Waals surface area contributed by atoms with Crippen molar-refractivity contribution in [1.82, 2.24) is 9.62 Å². The van der Waals surface area contributed by atoms with E-state index in [4.69, 9.17) is 0 Å². The molecule has 1 aromatic carbocycles. The van der Waals surface area contributed by atoms with E-state index < -0.39 is 22.0 Å². The minimum Gasteiger partial charge on any atom is -0.480 e. The molecule has 1 saturated heterocycles. The maximum atomic E-state index is 12.7. The van der Waals surface area contributed by atoms with Gasteiger partial charge in [-0.15, -0.1) is 0 Å². The van der Waals surface area contributed by atoms with Gasteiger partial charge < -0.3 is 10.0 Å². The number of carboxylic acid groups (broad SMARTS) is 1. The Morgan fingerprint density at radius 3 is 2.46 bits per heavy atom. The zero-order valence-corrected chi connectivity index (χ0v) is 14.1. The largest absolute Gasteiger partial charge is 0.480 e. The lowest BCUT2D eigenvalue weighted by Crippen LogP contribution is -2.43. The summed E-state index contributed by atoms with van der Waals surface area (Å²) in [6, 6.07) is 4.78. The highest BCUT2D eigenvalue weighted by Gasteiger charge is 2.49. The van der Waals surface area contributed by atoms with Gasteiger partial charge in [0.05, 0.1) is 4.90 Å². The number of hydrogen-bond donors (Lipinski definition) is 2. The van der Waals surface area contributed by atoms with Crippen molar-refractivity contribution in [2.45, 2.75) is 30.2 Å². The van der Waals surface area contributed by atoms with Crippen LogP contribution in [0.3, 0.4) is 0 Å². The number of benzene rings is 1. The van der Waals surface area contributed by atoms with E-state index in [1.54, 1.807) is 0 Å². The molecule has 3 rings (SSSR count). The monoisotopic (exact) mass is 352 g/mol. The smallest absolute Gasteiger partial charge is 0.326 e. The van der Waals surface area contributed by atoms with Gasteiger partial charge in [-0.05, 0) is 56.0 Å². The first-order chi connectivity index (χ1) is 11.3. The highest BCUT2D eigenvalue weighted by molar-refractivity contribution is 7.89. The van der Waals surface area contributed by atoms with Gasteiger partial charge in [-0.2, -0.15) is 0 Å². The van der Waals surface area contributed by atoms with Gasteiger partial charge in [-0.3, -0.25) is 4.79 Å². The predicted molar refractivity (Wildman–Crippen MR) is 86.0 cm³/mol. The summed E-state index contributed by atoms with van der Waals surface area (Å²) in [5.74, 6) is -1.05. The van der Waals surface area contributed by atoms with Crippen LogP contribution in [0.25, 0.3) is 0 Å². The van der Waals surface area contributed by atoms with Gasteiger partial charge >= 0.3 is 5.97 Å². The molecule has 2 fully saturated rings. The van der Waals surface area contributed by atoms with Crippen molar-refractivity contribution in [2.24, 2.45) is 11.8 Å². The Morgan fingerprint density at radius 2 is 1.88 bits per heavy atom. The molecule has 1 saturated carbocycles. The fourth-order valence-corrected chi connectivity index (χ4v) is 4.62. The Hall–Kier alpha value is -1.93. The van der Waals surface area contributed by atoms with Crippen molar-refractivity contribution in [1.29, 1.82) is 0 Å². The molecule has 2 N–H and O–H groups in total. The number of nitrogens with zero attached hydrogens (tertiary/aromatic N) is 1. The number of sulfonamides is 1. The van der Waals surface area contributed by atoms with Crippen molar-refractivity contribution in [3.05, 3.63) is 29.8 Å². The molecule has 1 aromatic rings. The van der Waals surface area contributed by atoms with Gasteiger partial charge in [0.1, 0.15) is 6.04 Å². The zero-order chi connectivity index (χ0) is 17.5. The van der Waals surface area contributed by atoms with Crippen LogP contribution in [0, 0.1) is 11.8 Å². The third kappa shape index (κ3) is 2.80. The fourth-order valence-electron chi connectivity index (χ4n) is 3.89. The predicted octanol–water partition coefficient (Wildman–Crippen LogP) is 0.920. The van der Waals surface area contributed by atoms with Crippen LogP contribution in [0.2, 0.25) is 0 Å². The first-order valence-electron chi connectivity index (χ1n) is 7.92. The van der Waals surface area contributed by atoms with Crippen LogP contribution >= 0.6 is 0 Å². The standard InChI is InChI=1S/C16H20N2O5S/c1-17-24(22,23)12-7-5-10(6-8-12)15(19)18-9-11-3-2-4-13(11)14(18)16(20)21/h5-8,11,13-14,17H,2-4,9H2,1H3,(H,20,21). The normalized spacial score (nSPS) is 26.4. The second kappa shape index (κ2) is 6.18. The molecule has 1 aliphatic heterocycles. The summed E-state index contributed by atoms with van der Waals surface area (Å²) < 4.78 is 25.7. The molecular formula is C16H20N2O5S. The van der Waals surface area contributed by atoms with Crippen molar-refractivity contribution in [3.8, 4) is 0 Å². The molecule has 24 heavy (non-hydrogen) atoms. The van der Waals surface area contributed by atoms with E-state index in [1.807, 2.05) is 0 Å². The van der Waals surface area contributed by atoms with Crippen molar-refractivity contribution in [3.63, 3.8) is 0 Å². The maximum absolute atomic E-state index is 12.7. The first-order valence-corrected chi connectivity index (χ1v) is 9.41. The highest BCUT2D eigenvalue weighted by Crippen LogP contribution is 2.42. The van der Waals surface area contributed by atoms with Crippen molar-refractivity contribution >= 4 is 21.9 Å². The van der Waals surface area contributed by atoms with Crippen molar-refractivity contribution < 1.29 is 23.1 Å². The van der Waals surface area contributed by atoms with Crippen LogP contribution in [-0.4, -0.2) is 49.9 Å². The SMILES string of the molecule is CNS(=O)(=O)c1ccc(C(=O)N2CC3CCCC3C2C(=O)O)cc1. The minimum absolute atomic E-state index is 0.0235. The van der Waals surface area contributed by atoms with Gasteiger partial charge in [0.2, 0.25) is 10.0 Å². The molecule has 0 bridgehead atoms. The van der Waals surface area contributed by atoms with E-state index in [-0.39, 0.29) is 22.6 Å². The molecular weight excluding hydrogens is 332 g/mol. The fraction of sp³-hybridized carbons (Fsp3) is 0.500. The van der Waals surface area contributed by atoms with E-state index in [0.29, 0.717) is 12.1 Å². The Morgan fingerprint density at radius 1 is 1.21 bits per heavy atom. The van der Waals surface area contributed by atoms with Gasteiger partial charge in [-0.25, -0.2) is 17.9 Å². The number of aliphatic carboxylic acids is 1. The van der Waals surface area contributed by atoms with E-state index in [2.05, 4.69) is 4.72 Å². The minimum atomic E-state index is -3.57. The lowest BCUT2D eigenvalue weighted by Gasteiger charge is -2.24. The lowest BCUT2D eigenvalue weighted by atomic mass is 9.94. The molecule has 3 atom stereocenters. The number of likely N-dealkylation sites (tertiary alicyclic amines) is 1. The summed E-state index contributed by atoms with van der Waals surface area (Å²) in [7, 11) is -2.25. The Bertz CT molecular complexity index is 759. The van der Waals surface area contributed by atoms with Gasteiger partial charge in [0.25, 0.3) is 5.91 Å². The zero-order valence-electron chi connectivity index (χ0n) is 13.3. The van der Waals surface area contributed by atoms with E-state index in [0.717, 1.165) is 19.3 Å². The molecule has 8 heteroatoms. The molecule has 2 aliphatic rings.